The molecule has 1 aromatic carbocycles. The minimum Gasteiger partial charge on any atom is -0.492 e. The first kappa shape index (κ1) is 19.9. The minimum atomic E-state index is -2.06. The molecule has 30 heavy (non-hydrogen) atoms. The molecule has 0 spiro atoms. The summed E-state index contributed by atoms with van der Waals surface area (Å²) in [7, 11) is -2.06. The monoisotopic (exact) mass is 411 g/mol. The number of fused-ring (bicyclic) bond motifs is 5. The van der Waals surface area contributed by atoms with Gasteiger partial charge < -0.3 is 30.0 Å². The molecule has 0 aliphatic carbocycles. The SMILES string of the molecule is O=C1NC2=CC=CC(N2)c2nncn2C/C=C\CCOc2cc(F)c(B(O)O)cc21. The number of amides is 1. The molecule has 2 bridgehead atoms. The normalized spacial score (nSPS) is 19.6. The van der Waals surface area contributed by atoms with Gasteiger partial charge in [-0.3, -0.25) is 4.79 Å². The summed E-state index contributed by atoms with van der Waals surface area (Å²) < 4.78 is 21.7. The van der Waals surface area contributed by atoms with Gasteiger partial charge in [0.05, 0.1) is 12.2 Å². The molecule has 0 fully saturated rings. The van der Waals surface area contributed by atoms with E-state index in [1.807, 2.05) is 22.8 Å². The summed E-state index contributed by atoms with van der Waals surface area (Å²) in [4.78, 5) is 12.9. The Bertz CT molecular complexity index is 1050. The molecule has 1 unspecified atom stereocenters. The standard InChI is InChI=1S/C19H19BFN5O4/c21-14-10-16-12(9-13(14)20(28)29)19(27)24-17-6-4-5-15(23-17)18-25-22-11-26(18)7-2-1-3-8-30-16/h1-2,4-6,9-11,15,23,28-29H,3,7-8H2,(H,24,27)/b2-1-. The highest BCUT2D eigenvalue weighted by Crippen LogP contribution is 2.22. The highest BCUT2D eigenvalue weighted by atomic mass is 19.1. The van der Waals surface area contributed by atoms with Crippen molar-refractivity contribution in [3.05, 3.63) is 71.9 Å². The van der Waals surface area contributed by atoms with Gasteiger partial charge in [0.1, 0.15) is 29.8 Å². The molecule has 2 aromatic rings. The molecule has 154 valence electrons. The van der Waals surface area contributed by atoms with Gasteiger partial charge in [-0.2, -0.15) is 0 Å². The fraction of sp³-hybridized carbons (Fsp3) is 0.211. The molecular weight excluding hydrogens is 392 g/mol. The molecule has 3 heterocycles. The van der Waals surface area contributed by atoms with Crippen molar-refractivity contribution in [2.75, 3.05) is 6.61 Å². The first-order chi connectivity index (χ1) is 14.5. The number of nitrogens with zero attached hydrogens (tertiary/aromatic N) is 3. The van der Waals surface area contributed by atoms with Crippen LogP contribution in [-0.4, -0.2) is 44.4 Å². The Labute approximate surface area is 171 Å². The van der Waals surface area contributed by atoms with Gasteiger partial charge in [0.25, 0.3) is 5.91 Å². The van der Waals surface area contributed by atoms with Crippen molar-refractivity contribution in [1.82, 2.24) is 25.4 Å². The van der Waals surface area contributed by atoms with Gasteiger partial charge >= 0.3 is 7.12 Å². The van der Waals surface area contributed by atoms with Crippen molar-refractivity contribution >= 4 is 18.5 Å². The van der Waals surface area contributed by atoms with Crippen molar-refractivity contribution in [3.8, 4) is 5.75 Å². The van der Waals surface area contributed by atoms with Gasteiger partial charge in [-0.05, 0) is 18.6 Å². The highest BCUT2D eigenvalue weighted by Gasteiger charge is 2.25. The van der Waals surface area contributed by atoms with Gasteiger partial charge in [0.2, 0.25) is 0 Å². The fourth-order valence-electron chi connectivity index (χ4n) is 3.20. The van der Waals surface area contributed by atoms with Crippen LogP contribution in [0.2, 0.25) is 0 Å². The number of nitrogens with one attached hydrogen (secondary N) is 2. The number of ether oxygens (including phenoxy) is 1. The molecule has 0 radical (unpaired) electrons. The van der Waals surface area contributed by atoms with Gasteiger partial charge in [0.15, 0.2) is 5.82 Å². The molecule has 1 atom stereocenters. The summed E-state index contributed by atoms with van der Waals surface area (Å²) in [5.41, 5.74) is -0.433. The summed E-state index contributed by atoms with van der Waals surface area (Å²) in [5, 5.41) is 32.8. The Kier molecular flexibility index (Phi) is 5.64. The van der Waals surface area contributed by atoms with Crippen LogP contribution in [-0.2, 0) is 6.54 Å². The first-order valence-corrected chi connectivity index (χ1v) is 9.34. The predicted octanol–water partition coefficient (Wildman–Crippen LogP) is -0.0924. The number of hydrogen-bond acceptors (Lipinski definition) is 7. The van der Waals surface area contributed by atoms with E-state index in [0.717, 1.165) is 12.1 Å². The number of rotatable bonds is 1. The molecule has 4 rings (SSSR count). The highest BCUT2D eigenvalue weighted by molar-refractivity contribution is 6.58. The van der Waals surface area contributed by atoms with E-state index in [1.165, 1.54) is 0 Å². The number of benzene rings is 1. The number of hydrogen-bond donors (Lipinski definition) is 4. The quantitative estimate of drug-likeness (QED) is 0.382. The Morgan fingerprint density at radius 2 is 2.17 bits per heavy atom. The lowest BCUT2D eigenvalue weighted by Gasteiger charge is -2.22. The third-order valence-electron chi connectivity index (χ3n) is 4.68. The van der Waals surface area contributed by atoms with E-state index in [1.54, 1.807) is 18.5 Å². The number of dihydropyridines is 1. The van der Waals surface area contributed by atoms with Crippen molar-refractivity contribution in [2.24, 2.45) is 0 Å². The summed E-state index contributed by atoms with van der Waals surface area (Å²) in [5.74, 6) is -0.380. The van der Waals surface area contributed by atoms with E-state index in [-0.39, 0.29) is 24.0 Å². The molecule has 9 nitrogen and oxygen atoms in total. The molecular formula is C19H19BFN5O4. The zero-order valence-corrected chi connectivity index (χ0v) is 15.8. The maximum Gasteiger partial charge on any atom is 0.491 e. The van der Waals surface area contributed by atoms with E-state index < -0.39 is 24.3 Å². The lowest BCUT2D eigenvalue weighted by Crippen LogP contribution is -2.37. The van der Waals surface area contributed by atoms with Crippen LogP contribution in [0.25, 0.3) is 0 Å². The van der Waals surface area contributed by atoms with Crippen molar-refractivity contribution in [3.63, 3.8) is 0 Å². The first-order valence-electron chi connectivity index (χ1n) is 9.34. The minimum absolute atomic E-state index is 0.0123. The number of carbonyl (C=O) groups is 1. The van der Waals surface area contributed by atoms with Crippen LogP contribution >= 0.6 is 0 Å². The maximum absolute atomic E-state index is 14.2. The molecule has 2 aliphatic heterocycles. The van der Waals surface area contributed by atoms with Crippen molar-refractivity contribution in [1.29, 1.82) is 0 Å². The van der Waals surface area contributed by atoms with E-state index in [2.05, 4.69) is 20.8 Å². The molecule has 2 aliphatic rings. The number of carbonyl (C=O) groups excluding carboxylic acids is 1. The zero-order valence-electron chi connectivity index (χ0n) is 15.8. The van der Waals surface area contributed by atoms with Gasteiger partial charge in [-0.1, -0.05) is 24.3 Å². The third kappa shape index (κ3) is 4.12. The van der Waals surface area contributed by atoms with Gasteiger partial charge in [-0.15, -0.1) is 10.2 Å². The summed E-state index contributed by atoms with van der Waals surface area (Å²) in [6.07, 6.45) is 11.3. The Morgan fingerprint density at radius 3 is 3.00 bits per heavy atom. The van der Waals surface area contributed by atoms with Crippen LogP contribution in [0.5, 0.6) is 5.75 Å². The molecule has 0 saturated carbocycles. The zero-order chi connectivity index (χ0) is 21.1. The second-order valence-electron chi connectivity index (χ2n) is 6.73. The smallest absolute Gasteiger partial charge is 0.491 e. The molecule has 1 amide bonds. The van der Waals surface area contributed by atoms with Gasteiger partial charge in [0, 0.05) is 18.1 Å². The Hall–Kier alpha value is -3.44. The van der Waals surface area contributed by atoms with Crippen LogP contribution < -0.4 is 20.8 Å². The average Bonchev–Trinajstić information content (AvgIpc) is 3.18. The third-order valence-corrected chi connectivity index (χ3v) is 4.68. The van der Waals surface area contributed by atoms with Crippen LogP contribution in [0.15, 0.2) is 54.7 Å². The topological polar surface area (TPSA) is 122 Å². The van der Waals surface area contributed by atoms with Crippen LogP contribution in [0.1, 0.15) is 28.6 Å². The second kappa shape index (κ2) is 8.51. The van der Waals surface area contributed by atoms with Crippen molar-refractivity contribution < 1.29 is 24.0 Å². The average molecular weight is 411 g/mol. The molecule has 0 saturated heterocycles. The largest absolute Gasteiger partial charge is 0.492 e. The van der Waals surface area contributed by atoms with Gasteiger partial charge in [-0.25, -0.2) is 4.39 Å². The van der Waals surface area contributed by atoms with Crippen LogP contribution in [0.3, 0.4) is 0 Å². The van der Waals surface area contributed by atoms with Crippen molar-refractivity contribution in [2.45, 2.75) is 19.0 Å². The Balaban J connectivity index is 1.70. The lowest BCUT2D eigenvalue weighted by molar-refractivity contribution is 0.0958. The molecule has 4 N–H and O–H groups in total. The van der Waals surface area contributed by atoms with E-state index in [4.69, 9.17) is 4.74 Å². The second-order valence-corrected chi connectivity index (χ2v) is 6.73. The summed E-state index contributed by atoms with van der Waals surface area (Å²) in [6.45, 7) is 0.764. The van der Waals surface area contributed by atoms with Crippen LogP contribution in [0, 0.1) is 5.82 Å². The fourth-order valence-corrected chi connectivity index (χ4v) is 3.20. The molecule has 1 aromatic heterocycles. The summed E-state index contributed by atoms with van der Waals surface area (Å²) in [6, 6.07) is 1.74. The number of aromatic nitrogens is 3. The number of allylic oxidation sites excluding steroid dienone is 3. The van der Waals surface area contributed by atoms with E-state index in [0.29, 0.717) is 24.6 Å². The van der Waals surface area contributed by atoms with E-state index in [9.17, 15) is 19.2 Å². The predicted molar refractivity (Wildman–Crippen MR) is 106 cm³/mol. The van der Waals surface area contributed by atoms with Crippen LogP contribution in [0.4, 0.5) is 4.39 Å². The number of halogens is 1. The van der Waals surface area contributed by atoms with E-state index >= 15 is 0 Å². The Morgan fingerprint density at radius 1 is 1.30 bits per heavy atom. The lowest BCUT2D eigenvalue weighted by atomic mass is 9.79. The summed E-state index contributed by atoms with van der Waals surface area (Å²) >= 11 is 0. The molecule has 11 heteroatoms. The maximum atomic E-state index is 14.2.